The smallest absolute Gasteiger partial charge is 0.263 e. The average molecular weight is 375 g/mol. The summed E-state index contributed by atoms with van der Waals surface area (Å²) >= 11 is 3.28. The summed E-state index contributed by atoms with van der Waals surface area (Å²) in [6.45, 7) is 4.32. The monoisotopic (exact) mass is 374 g/mol. The number of fused-ring (bicyclic) bond motifs is 1. The van der Waals surface area contributed by atoms with Gasteiger partial charge in [-0.2, -0.15) is 0 Å². The zero-order valence-corrected chi connectivity index (χ0v) is 15.9. The first-order valence-corrected chi connectivity index (χ1v) is 10.6. The number of piperidine rings is 1. The lowest BCUT2D eigenvalue weighted by molar-refractivity contribution is -0.139. The highest BCUT2D eigenvalue weighted by atomic mass is 32.1. The maximum Gasteiger partial charge on any atom is 0.263 e. The fourth-order valence-electron chi connectivity index (χ4n) is 3.93. The standard InChI is InChI=1S/C19H22N2O2S2/c1-13-15-7-12-25-16(15)6-10-21(13)18(22)14-4-8-20(9-5-14)19(23)17-3-2-11-24-17/h2-3,7,11-14H,4-6,8-10H2,1H3/t13-/m1/s1. The second-order valence-corrected chi connectivity index (χ2v) is 8.75. The van der Waals surface area contributed by atoms with E-state index in [-0.39, 0.29) is 23.8 Å². The molecule has 25 heavy (non-hydrogen) atoms. The van der Waals surface area contributed by atoms with Gasteiger partial charge in [0.25, 0.3) is 5.91 Å². The van der Waals surface area contributed by atoms with E-state index in [2.05, 4.69) is 23.3 Å². The molecule has 0 radical (unpaired) electrons. The number of hydrogen-bond donors (Lipinski definition) is 0. The van der Waals surface area contributed by atoms with Crippen LogP contribution in [-0.2, 0) is 11.2 Å². The molecule has 0 aromatic carbocycles. The van der Waals surface area contributed by atoms with Gasteiger partial charge in [-0.05, 0) is 54.6 Å². The van der Waals surface area contributed by atoms with E-state index in [1.165, 1.54) is 21.8 Å². The molecular weight excluding hydrogens is 352 g/mol. The van der Waals surface area contributed by atoms with Crippen molar-refractivity contribution >= 4 is 34.5 Å². The van der Waals surface area contributed by atoms with Gasteiger partial charge in [0.05, 0.1) is 10.9 Å². The summed E-state index contributed by atoms with van der Waals surface area (Å²) in [5.41, 5.74) is 1.31. The van der Waals surface area contributed by atoms with E-state index in [0.29, 0.717) is 13.1 Å². The molecular formula is C19H22N2O2S2. The molecule has 0 spiro atoms. The van der Waals surface area contributed by atoms with Crippen LogP contribution in [0.1, 0.15) is 45.9 Å². The zero-order valence-electron chi connectivity index (χ0n) is 14.3. The number of likely N-dealkylation sites (tertiary alicyclic amines) is 1. The van der Waals surface area contributed by atoms with Crippen LogP contribution in [0.4, 0.5) is 0 Å². The number of carbonyl (C=O) groups is 2. The van der Waals surface area contributed by atoms with Gasteiger partial charge >= 0.3 is 0 Å². The predicted molar refractivity (Wildman–Crippen MR) is 101 cm³/mol. The molecule has 0 bridgehead atoms. The summed E-state index contributed by atoms with van der Waals surface area (Å²) in [6.07, 6.45) is 2.52. The Morgan fingerprint density at radius 2 is 1.88 bits per heavy atom. The molecule has 2 aromatic heterocycles. The highest BCUT2D eigenvalue weighted by Crippen LogP contribution is 2.35. The van der Waals surface area contributed by atoms with Crippen LogP contribution in [0.2, 0.25) is 0 Å². The van der Waals surface area contributed by atoms with E-state index in [1.807, 2.05) is 22.4 Å². The molecule has 6 heteroatoms. The van der Waals surface area contributed by atoms with Gasteiger partial charge in [0.2, 0.25) is 5.91 Å². The van der Waals surface area contributed by atoms with Crippen molar-refractivity contribution in [1.29, 1.82) is 0 Å². The molecule has 2 amide bonds. The Hall–Kier alpha value is -1.66. The van der Waals surface area contributed by atoms with Crippen LogP contribution in [-0.4, -0.2) is 41.2 Å². The van der Waals surface area contributed by atoms with Crippen molar-refractivity contribution in [3.8, 4) is 0 Å². The van der Waals surface area contributed by atoms with Crippen molar-refractivity contribution in [1.82, 2.24) is 9.80 Å². The SMILES string of the molecule is C[C@@H]1c2ccsc2CCN1C(=O)C1CCN(C(=O)c2cccs2)CC1. The molecule has 4 heterocycles. The van der Waals surface area contributed by atoms with Crippen LogP contribution < -0.4 is 0 Å². The summed E-state index contributed by atoms with van der Waals surface area (Å²) in [6, 6.07) is 6.11. The fraction of sp³-hybridized carbons (Fsp3) is 0.474. The van der Waals surface area contributed by atoms with E-state index in [9.17, 15) is 9.59 Å². The Morgan fingerprint density at radius 1 is 1.08 bits per heavy atom. The average Bonchev–Trinajstić information content (AvgIpc) is 3.33. The van der Waals surface area contributed by atoms with E-state index in [1.54, 1.807) is 11.3 Å². The van der Waals surface area contributed by atoms with Crippen LogP contribution >= 0.6 is 22.7 Å². The summed E-state index contributed by atoms with van der Waals surface area (Å²) in [5.74, 6) is 0.428. The van der Waals surface area contributed by atoms with Crippen LogP contribution in [0.5, 0.6) is 0 Å². The number of amides is 2. The first-order chi connectivity index (χ1) is 12.1. The molecule has 2 aliphatic heterocycles. The number of rotatable bonds is 2. The second kappa shape index (κ2) is 6.92. The van der Waals surface area contributed by atoms with E-state index >= 15 is 0 Å². The Labute approximate surface area is 156 Å². The van der Waals surface area contributed by atoms with Gasteiger partial charge in [0.15, 0.2) is 0 Å². The first-order valence-electron chi connectivity index (χ1n) is 8.84. The number of hydrogen-bond acceptors (Lipinski definition) is 4. The lowest BCUT2D eigenvalue weighted by Gasteiger charge is -2.38. The molecule has 0 aliphatic carbocycles. The Bertz CT molecular complexity index is 760. The van der Waals surface area contributed by atoms with Crippen molar-refractivity contribution < 1.29 is 9.59 Å². The van der Waals surface area contributed by atoms with Crippen molar-refractivity contribution in [2.75, 3.05) is 19.6 Å². The largest absolute Gasteiger partial charge is 0.338 e. The van der Waals surface area contributed by atoms with E-state index < -0.39 is 0 Å². The van der Waals surface area contributed by atoms with Crippen LogP contribution in [0.15, 0.2) is 29.0 Å². The lowest BCUT2D eigenvalue weighted by Crippen LogP contribution is -2.46. The zero-order chi connectivity index (χ0) is 17.4. The minimum Gasteiger partial charge on any atom is -0.338 e. The minimum atomic E-state index is 0.0509. The van der Waals surface area contributed by atoms with Crippen LogP contribution in [0.25, 0.3) is 0 Å². The maximum atomic E-state index is 13.0. The van der Waals surface area contributed by atoms with Gasteiger partial charge in [-0.3, -0.25) is 9.59 Å². The van der Waals surface area contributed by atoms with Gasteiger partial charge in [-0.1, -0.05) is 6.07 Å². The predicted octanol–water partition coefficient (Wildman–Crippen LogP) is 3.81. The van der Waals surface area contributed by atoms with Gasteiger partial charge < -0.3 is 9.80 Å². The Balaban J connectivity index is 1.38. The lowest BCUT2D eigenvalue weighted by atomic mass is 9.92. The molecule has 4 rings (SSSR count). The molecule has 2 aromatic rings. The van der Waals surface area contributed by atoms with Crippen LogP contribution in [0.3, 0.4) is 0 Å². The van der Waals surface area contributed by atoms with Gasteiger partial charge in [0.1, 0.15) is 0 Å². The van der Waals surface area contributed by atoms with E-state index in [0.717, 1.165) is 30.7 Å². The molecule has 132 valence electrons. The molecule has 4 nitrogen and oxygen atoms in total. The highest BCUT2D eigenvalue weighted by molar-refractivity contribution is 7.12. The Morgan fingerprint density at radius 3 is 2.60 bits per heavy atom. The molecule has 0 unspecified atom stereocenters. The van der Waals surface area contributed by atoms with Gasteiger partial charge in [0, 0.05) is 30.4 Å². The third-order valence-electron chi connectivity index (χ3n) is 5.42. The third kappa shape index (κ3) is 3.13. The molecule has 2 aliphatic rings. The molecule has 1 atom stereocenters. The topological polar surface area (TPSA) is 40.6 Å². The summed E-state index contributed by atoms with van der Waals surface area (Å²) in [7, 11) is 0. The summed E-state index contributed by atoms with van der Waals surface area (Å²) in [5, 5.41) is 4.06. The van der Waals surface area contributed by atoms with E-state index in [4.69, 9.17) is 0 Å². The number of nitrogens with zero attached hydrogens (tertiary/aromatic N) is 2. The normalized spacial score (nSPS) is 21.2. The molecule has 1 fully saturated rings. The van der Waals surface area contributed by atoms with Gasteiger partial charge in [-0.15, -0.1) is 22.7 Å². The molecule has 0 saturated carbocycles. The molecule has 0 N–H and O–H groups in total. The van der Waals surface area contributed by atoms with Gasteiger partial charge in [-0.25, -0.2) is 0 Å². The third-order valence-corrected chi connectivity index (χ3v) is 7.28. The minimum absolute atomic E-state index is 0.0509. The first kappa shape index (κ1) is 16.8. The molecule has 1 saturated heterocycles. The second-order valence-electron chi connectivity index (χ2n) is 6.80. The van der Waals surface area contributed by atoms with Crippen molar-refractivity contribution in [2.24, 2.45) is 5.92 Å². The summed E-state index contributed by atoms with van der Waals surface area (Å²) in [4.78, 5) is 31.6. The quantitative estimate of drug-likeness (QED) is 0.802. The fourth-order valence-corrected chi connectivity index (χ4v) is 5.58. The Kier molecular flexibility index (Phi) is 4.65. The van der Waals surface area contributed by atoms with Crippen LogP contribution in [0, 0.1) is 5.92 Å². The number of carbonyl (C=O) groups excluding carboxylic acids is 2. The van der Waals surface area contributed by atoms with Crippen molar-refractivity contribution in [3.63, 3.8) is 0 Å². The van der Waals surface area contributed by atoms with Crippen molar-refractivity contribution in [2.45, 2.75) is 32.2 Å². The number of thiophene rings is 2. The summed E-state index contributed by atoms with van der Waals surface area (Å²) < 4.78 is 0. The van der Waals surface area contributed by atoms with Crippen molar-refractivity contribution in [3.05, 3.63) is 44.3 Å². The maximum absolute atomic E-state index is 13.0. The highest BCUT2D eigenvalue weighted by Gasteiger charge is 2.35.